The van der Waals surface area contributed by atoms with E-state index in [9.17, 15) is 4.79 Å². The summed E-state index contributed by atoms with van der Waals surface area (Å²) >= 11 is 0. The molecule has 0 heterocycles. The summed E-state index contributed by atoms with van der Waals surface area (Å²) in [6, 6.07) is 1.53. The molecule has 0 radical (unpaired) electrons. The van der Waals surface area contributed by atoms with Gasteiger partial charge in [0.25, 0.3) is 0 Å². The Morgan fingerprint density at radius 1 is 1.00 bits per heavy atom. The van der Waals surface area contributed by atoms with Gasteiger partial charge < -0.3 is 15.4 Å². The summed E-state index contributed by atoms with van der Waals surface area (Å²) in [4.78, 5) is 11.8. The van der Waals surface area contributed by atoms with Gasteiger partial charge in [0.15, 0.2) is 0 Å². The lowest BCUT2D eigenvalue weighted by Gasteiger charge is -2.33. The molecule has 0 saturated heterocycles. The van der Waals surface area contributed by atoms with Crippen molar-refractivity contribution in [1.82, 2.24) is 10.6 Å². The Bertz CT molecular complexity index is 365. The van der Waals surface area contributed by atoms with Gasteiger partial charge in [-0.3, -0.25) is 0 Å². The summed E-state index contributed by atoms with van der Waals surface area (Å²) in [7, 11) is 0. The van der Waals surface area contributed by atoms with Gasteiger partial charge in [-0.15, -0.1) is 0 Å². The number of alkyl carbamates (subject to hydrolysis) is 1. The highest BCUT2D eigenvalue weighted by atomic mass is 16.6. The fourth-order valence-corrected chi connectivity index (χ4v) is 3.16. The first-order valence-electron chi connectivity index (χ1n) is 8.33. The van der Waals surface area contributed by atoms with Crippen LogP contribution in [0.15, 0.2) is 12.2 Å². The van der Waals surface area contributed by atoms with Crippen molar-refractivity contribution >= 4 is 6.09 Å². The molecule has 0 aliphatic heterocycles. The van der Waals surface area contributed by atoms with Crippen molar-refractivity contribution in [3.05, 3.63) is 12.2 Å². The first-order valence-corrected chi connectivity index (χ1v) is 8.33. The largest absolute Gasteiger partial charge is 0.444 e. The number of amides is 1. The van der Waals surface area contributed by atoms with Gasteiger partial charge in [-0.1, -0.05) is 12.2 Å². The molecule has 120 valence electrons. The third-order valence-electron chi connectivity index (χ3n) is 4.19. The monoisotopic (exact) mass is 294 g/mol. The zero-order valence-corrected chi connectivity index (χ0v) is 13.7. The average Bonchev–Trinajstić information content (AvgIpc) is 2.40. The quantitative estimate of drug-likeness (QED) is 0.783. The van der Waals surface area contributed by atoms with E-state index in [1.807, 2.05) is 20.8 Å². The lowest BCUT2D eigenvalue weighted by atomic mass is 9.89. The molecule has 0 aromatic carbocycles. The highest BCUT2D eigenvalue weighted by Gasteiger charge is 2.25. The van der Waals surface area contributed by atoms with E-state index in [0.29, 0.717) is 12.1 Å². The van der Waals surface area contributed by atoms with Crippen LogP contribution in [0.4, 0.5) is 4.79 Å². The van der Waals surface area contributed by atoms with Crippen molar-refractivity contribution in [1.29, 1.82) is 0 Å². The molecular weight excluding hydrogens is 264 g/mol. The molecule has 1 atom stereocenters. The Labute approximate surface area is 128 Å². The topological polar surface area (TPSA) is 50.4 Å². The maximum Gasteiger partial charge on any atom is 0.407 e. The Kier molecular flexibility index (Phi) is 5.68. The smallest absolute Gasteiger partial charge is 0.407 e. The second kappa shape index (κ2) is 7.30. The highest BCUT2D eigenvalue weighted by molar-refractivity contribution is 5.68. The van der Waals surface area contributed by atoms with Crippen LogP contribution < -0.4 is 10.6 Å². The summed E-state index contributed by atoms with van der Waals surface area (Å²) in [6.45, 7) is 5.68. The minimum absolute atomic E-state index is 0.268. The van der Waals surface area contributed by atoms with E-state index in [4.69, 9.17) is 4.74 Å². The Morgan fingerprint density at radius 2 is 1.67 bits per heavy atom. The summed E-state index contributed by atoms with van der Waals surface area (Å²) in [6.07, 6.45) is 12.3. The summed E-state index contributed by atoms with van der Waals surface area (Å²) in [5.74, 6) is 0. The van der Waals surface area contributed by atoms with Crippen LogP contribution in [0.1, 0.15) is 65.7 Å². The van der Waals surface area contributed by atoms with Crippen LogP contribution in [0, 0.1) is 0 Å². The van der Waals surface area contributed by atoms with Crippen LogP contribution >= 0.6 is 0 Å². The predicted molar refractivity (Wildman–Crippen MR) is 85.3 cm³/mol. The van der Waals surface area contributed by atoms with Crippen molar-refractivity contribution < 1.29 is 9.53 Å². The molecule has 1 amide bonds. The van der Waals surface area contributed by atoms with Crippen LogP contribution in [0.25, 0.3) is 0 Å². The molecule has 21 heavy (non-hydrogen) atoms. The third-order valence-corrected chi connectivity index (χ3v) is 4.19. The molecule has 1 saturated carbocycles. The maximum atomic E-state index is 11.8. The summed E-state index contributed by atoms with van der Waals surface area (Å²) in [5, 5.41) is 6.77. The number of carbonyl (C=O) groups excluding carboxylic acids is 1. The molecule has 2 aliphatic rings. The first kappa shape index (κ1) is 16.3. The normalized spacial score (nSPS) is 30.0. The molecule has 0 aromatic rings. The lowest BCUT2D eigenvalue weighted by molar-refractivity contribution is 0.0489. The molecule has 1 fully saturated rings. The van der Waals surface area contributed by atoms with Gasteiger partial charge in [0, 0.05) is 18.1 Å². The van der Waals surface area contributed by atoms with E-state index < -0.39 is 5.60 Å². The molecule has 4 heteroatoms. The van der Waals surface area contributed by atoms with Crippen LogP contribution in [0.5, 0.6) is 0 Å². The summed E-state index contributed by atoms with van der Waals surface area (Å²) in [5.41, 5.74) is -0.419. The highest BCUT2D eigenvalue weighted by Crippen LogP contribution is 2.21. The van der Waals surface area contributed by atoms with E-state index in [1.165, 1.54) is 12.8 Å². The van der Waals surface area contributed by atoms with Crippen LogP contribution in [-0.4, -0.2) is 29.8 Å². The van der Waals surface area contributed by atoms with Crippen LogP contribution in [-0.2, 0) is 4.74 Å². The van der Waals surface area contributed by atoms with Crippen LogP contribution in [0.2, 0.25) is 0 Å². The van der Waals surface area contributed by atoms with Gasteiger partial charge in [-0.2, -0.15) is 0 Å². The van der Waals surface area contributed by atoms with E-state index in [2.05, 4.69) is 22.8 Å². The van der Waals surface area contributed by atoms with Crippen molar-refractivity contribution in [2.45, 2.75) is 89.4 Å². The Balaban J connectivity index is 1.66. The van der Waals surface area contributed by atoms with Crippen molar-refractivity contribution in [3.63, 3.8) is 0 Å². The fraction of sp³-hybridized carbons (Fsp3) is 0.824. The first-order chi connectivity index (χ1) is 9.92. The molecule has 2 aliphatic carbocycles. The standard InChI is InChI=1S/C17H30N2O2/c1-17(2,3)21-16(20)19-15-11-9-14(10-12-15)18-13-7-5-4-6-8-13/h4-5,13-15,18H,6-12H2,1-3H3,(H,19,20). The molecule has 2 N–H and O–H groups in total. The number of allylic oxidation sites excluding steroid dienone is 1. The minimum Gasteiger partial charge on any atom is -0.444 e. The van der Waals surface area contributed by atoms with E-state index >= 15 is 0 Å². The van der Waals surface area contributed by atoms with Crippen molar-refractivity contribution in [3.8, 4) is 0 Å². The van der Waals surface area contributed by atoms with E-state index in [1.54, 1.807) is 0 Å². The Hall–Kier alpha value is -1.03. The second-order valence-electron chi connectivity index (χ2n) is 7.34. The minimum atomic E-state index is -0.419. The molecule has 0 aromatic heterocycles. The fourth-order valence-electron chi connectivity index (χ4n) is 3.16. The van der Waals surface area contributed by atoms with Crippen LogP contribution in [0.3, 0.4) is 0 Å². The van der Waals surface area contributed by atoms with Gasteiger partial charge in [0.05, 0.1) is 0 Å². The van der Waals surface area contributed by atoms with Crippen molar-refractivity contribution in [2.24, 2.45) is 0 Å². The zero-order chi connectivity index (χ0) is 15.3. The number of hydrogen-bond donors (Lipinski definition) is 2. The number of ether oxygens (including phenoxy) is 1. The number of nitrogens with one attached hydrogen (secondary N) is 2. The summed E-state index contributed by atoms with van der Waals surface area (Å²) < 4.78 is 5.32. The number of hydrogen-bond acceptors (Lipinski definition) is 3. The number of carbonyl (C=O) groups is 1. The SMILES string of the molecule is CC(C)(C)OC(=O)NC1CCC(NC2CC=CCC2)CC1. The zero-order valence-electron chi connectivity index (χ0n) is 13.7. The average molecular weight is 294 g/mol. The molecule has 0 bridgehead atoms. The third kappa shape index (κ3) is 6.08. The lowest BCUT2D eigenvalue weighted by Crippen LogP contribution is -2.46. The van der Waals surface area contributed by atoms with Gasteiger partial charge in [0.2, 0.25) is 0 Å². The molecule has 4 nitrogen and oxygen atoms in total. The number of rotatable bonds is 3. The maximum absolute atomic E-state index is 11.8. The van der Waals surface area contributed by atoms with E-state index in [0.717, 1.165) is 32.1 Å². The molecule has 0 spiro atoms. The van der Waals surface area contributed by atoms with Gasteiger partial charge in [0.1, 0.15) is 5.60 Å². The second-order valence-corrected chi connectivity index (χ2v) is 7.34. The Morgan fingerprint density at radius 3 is 2.24 bits per heavy atom. The molecule has 1 unspecified atom stereocenters. The molecular formula is C17H30N2O2. The van der Waals surface area contributed by atoms with Crippen molar-refractivity contribution in [2.75, 3.05) is 0 Å². The van der Waals surface area contributed by atoms with E-state index in [-0.39, 0.29) is 12.1 Å². The van der Waals surface area contributed by atoms with Gasteiger partial charge in [-0.25, -0.2) is 4.79 Å². The van der Waals surface area contributed by atoms with Gasteiger partial charge in [-0.05, 0) is 65.7 Å². The predicted octanol–water partition coefficient (Wildman–Crippen LogP) is 3.52. The molecule has 2 rings (SSSR count). The van der Waals surface area contributed by atoms with Gasteiger partial charge >= 0.3 is 6.09 Å².